The van der Waals surface area contributed by atoms with Crippen LogP contribution in [0.3, 0.4) is 0 Å². The van der Waals surface area contributed by atoms with Gasteiger partial charge in [-0.1, -0.05) is 45.4 Å². The van der Waals surface area contributed by atoms with Crippen molar-refractivity contribution >= 4 is 11.8 Å². The van der Waals surface area contributed by atoms with Gasteiger partial charge in [0.25, 0.3) is 5.69 Å². The Hall–Kier alpha value is -2.11. The summed E-state index contributed by atoms with van der Waals surface area (Å²) in [6, 6.07) is 5.29. The van der Waals surface area contributed by atoms with Gasteiger partial charge in [0, 0.05) is 12.1 Å². The summed E-state index contributed by atoms with van der Waals surface area (Å²) in [7, 11) is 0. The number of hydrogen-bond donors (Lipinski definition) is 0. The first kappa shape index (κ1) is 17.9. The van der Waals surface area contributed by atoms with Gasteiger partial charge in [-0.15, -0.1) is 0 Å². The van der Waals surface area contributed by atoms with Crippen molar-refractivity contribution in [3.63, 3.8) is 0 Å². The van der Waals surface area contributed by atoms with Gasteiger partial charge >= 0.3 is 6.16 Å². The Morgan fingerprint density at radius 2 is 1.64 bits per heavy atom. The largest absolute Gasteiger partial charge is 0.513 e. The van der Waals surface area contributed by atoms with Crippen LogP contribution in [0.25, 0.3) is 0 Å². The Kier molecular flexibility index (Phi) is 8.64. The molecule has 0 radical (unpaired) electrons. The Morgan fingerprint density at radius 3 is 2.23 bits per heavy atom. The number of nitrogens with zero attached hydrogens (tertiary/aromatic N) is 1. The highest BCUT2D eigenvalue weighted by atomic mass is 16.7. The van der Waals surface area contributed by atoms with Gasteiger partial charge in [0.15, 0.2) is 0 Å². The minimum atomic E-state index is -0.778. The lowest BCUT2D eigenvalue weighted by atomic mass is 10.1. The zero-order valence-corrected chi connectivity index (χ0v) is 13.0. The molecule has 0 bridgehead atoms. The molecule has 0 fully saturated rings. The molecule has 0 aromatic heterocycles. The Balaban J connectivity index is 2.12. The van der Waals surface area contributed by atoms with Crippen LogP contribution in [0, 0.1) is 10.1 Å². The zero-order chi connectivity index (χ0) is 16.2. The van der Waals surface area contributed by atoms with Gasteiger partial charge in [-0.3, -0.25) is 10.1 Å². The van der Waals surface area contributed by atoms with Gasteiger partial charge in [0.2, 0.25) is 0 Å². The van der Waals surface area contributed by atoms with E-state index >= 15 is 0 Å². The molecule has 6 nitrogen and oxygen atoms in total. The first-order valence-corrected chi connectivity index (χ1v) is 7.72. The number of rotatable bonds is 10. The Labute approximate surface area is 130 Å². The third-order valence-electron chi connectivity index (χ3n) is 3.22. The molecule has 0 atom stereocenters. The molecule has 0 aliphatic heterocycles. The fraction of sp³-hybridized carbons (Fsp3) is 0.562. The third kappa shape index (κ3) is 7.61. The number of non-ortho nitro benzene ring substituents is 1. The van der Waals surface area contributed by atoms with Crippen LogP contribution in [0.1, 0.15) is 51.9 Å². The Morgan fingerprint density at radius 1 is 1.05 bits per heavy atom. The minimum absolute atomic E-state index is 0.0520. The fourth-order valence-corrected chi connectivity index (χ4v) is 1.98. The normalized spacial score (nSPS) is 10.2. The van der Waals surface area contributed by atoms with Crippen molar-refractivity contribution in [1.29, 1.82) is 0 Å². The number of nitro groups is 1. The van der Waals surface area contributed by atoms with E-state index in [0.29, 0.717) is 6.61 Å². The van der Waals surface area contributed by atoms with E-state index in [-0.39, 0.29) is 11.4 Å². The molecule has 0 saturated carbocycles. The molecule has 6 heteroatoms. The molecule has 0 heterocycles. The van der Waals surface area contributed by atoms with Crippen LogP contribution in [0.5, 0.6) is 5.75 Å². The standard InChI is InChI=1S/C16H23NO5/c1-2-3-4-5-6-7-8-13-21-16(18)22-15-11-9-14(10-12-15)17(19)20/h9-12H,2-8,13H2,1H3. The average Bonchev–Trinajstić information content (AvgIpc) is 2.50. The summed E-state index contributed by atoms with van der Waals surface area (Å²) < 4.78 is 9.88. The van der Waals surface area contributed by atoms with Crippen molar-refractivity contribution in [2.45, 2.75) is 51.9 Å². The quantitative estimate of drug-likeness (QED) is 0.203. The smallest absolute Gasteiger partial charge is 0.434 e. The molecule has 0 spiro atoms. The second kappa shape index (κ2) is 10.6. The zero-order valence-electron chi connectivity index (χ0n) is 13.0. The molecular formula is C16H23NO5. The van der Waals surface area contributed by atoms with E-state index in [4.69, 9.17) is 9.47 Å². The van der Waals surface area contributed by atoms with E-state index < -0.39 is 11.1 Å². The third-order valence-corrected chi connectivity index (χ3v) is 3.22. The van der Waals surface area contributed by atoms with Crippen LogP contribution in [-0.2, 0) is 4.74 Å². The van der Waals surface area contributed by atoms with Gasteiger partial charge in [-0.25, -0.2) is 4.79 Å². The number of nitro benzene ring substituents is 1. The topological polar surface area (TPSA) is 78.7 Å². The highest BCUT2D eigenvalue weighted by Gasteiger charge is 2.08. The van der Waals surface area contributed by atoms with Crippen molar-refractivity contribution in [2.24, 2.45) is 0 Å². The summed E-state index contributed by atoms with van der Waals surface area (Å²) in [5.41, 5.74) is -0.0520. The lowest BCUT2D eigenvalue weighted by molar-refractivity contribution is -0.384. The molecule has 0 aliphatic carbocycles. The molecule has 1 aromatic rings. The summed E-state index contributed by atoms with van der Waals surface area (Å²) in [4.78, 5) is 21.4. The first-order chi connectivity index (χ1) is 10.6. The van der Waals surface area contributed by atoms with Crippen molar-refractivity contribution < 1.29 is 19.2 Å². The lowest BCUT2D eigenvalue weighted by Gasteiger charge is -2.05. The SMILES string of the molecule is CCCCCCCCCOC(=O)Oc1ccc([N+](=O)[O-])cc1. The Bertz CT molecular complexity index is 458. The maximum atomic E-state index is 11.4. The van der Waals surface area contributed by atoms with Gasteiger partial charge < -0.3 is 9.47 Å². The average molecular weight is 309 g/mol. The summed E-state index contributed by atoms with van der Waals surface area (Å²) in [5, 5.41) is 10.5. The number of unbranched alkanes of at least 4 members (excludes halogenated alkanes) is 6. The molecule has 1 aromatic carbocycles. The van der Waals surface area contributed by atoms with Crippen molar-refractivity contribution in [3.8, 4) is 5.75 Å². The number of carbonyl (C=O) groups is 1. The predicted molar refractivity (Wildman–Crippen MR) is 83.1 cm³/mol. The second-order valence-electron chi connectivity index (χ2n) is 5.07. The minimum Gasteiger partial charge on any atom is -0.434 e. The van der Waals surface area contributed by atoms with E-state index in [1.807, 2.05) is 0 Å². The predicted octanol–water partition coefficient (Wildman–Crippen LogP) is 4.86. The molecule has 0 saturated heterocycles. The molecule has 0 amide bonds. The highest BCUT2D eigenvalue weighted by molar-refractivity contribution is 5.63. The van der Waals surface area contributed by atoms with Gasteiger partial charge in [-0.05, 0) is 18.6 Å². The highest BCUT2D eigenvalue weighted by Crippen LogP contribution is 2.17. The van der Waals surface area contributed by atoms with Crippen LogP contribution in [0.2, 0.25) is 0 Å². The van der Waals surface area contributed by atoms with Crippen LogP contribution in [0.4, 0.5) is 10.5 Å². The van der Waals surface area contributed by atoms with E-state index in [0.717, 1.165) is 19.3 Å². The number of benzene rings is 1. The summed E-state index contributed by atoms with van der Waals surface area (Å²) in [5.74, 6) is 0.232. The molecule has 122 valence electrons. The van der Waals surface area contributed by atoms with E-state index in [1.165, 1.54) is 49.9 Å². The maximum absolute atomic E-state index is 11.4. The molecule has 0 unspecified atom stereocenters. The number of ether oxygens (including phenoxy) is 2. The number of hydrogen-bond acceptors (Lipinski definition) is 5. The maximum Gasteiger partial charge on any atom is 0.513 e. The summed E-state index contributed by atoms with van der Waals surface area (Å²) in [6.07, 6.45) is 7.23. The molecular weight excluding hydrogens is 286 g/mol. The van der Waals surface area contributed by atoms with E-state index in [2.05, 4.69) is 6.92 Å². The molecule has 22 heavy (non-hydrogen) atoms. The fourth-order valence-electron chi connectivity index (χ4n) is 1.98. The van der Waals surface area contributed by atoms with Gasteiger partial charge in [-0.2, -0.15) is 0 Å². The molecule has 0 aliphatic rings. The second-order valence-corrected chi connectivity index (χ2v) is 5.07. The summed E-state index contributed by atoms with van der Waals surface area (Å²) >= 11 is 0. The van der Waals surface area contributed by atoms with Crippen molar-refractivity contribution in [1.82, 2.24) is 0 Å². The number of carbonyl (C=O) groups excluding carboxylic acids is 1. The van der Waals surface area contributed by atoms with Crippen LogP contribution in [0.15, 0.2) is 24.3 Å². The molecule has 0 N–H and O–H groups in total. The van der Waals surface area contributed by atoms with Gasteiger partial charge in [0.05, 0.1) is 11.5 Å². The van der Waals surface area contributed by atoms with Crippen LogP contribution in [-0.4, -0.2) is 17.7 Å². The monoisotopic (exact) mass is 309 g/mol. The van der Waals surface area contributed by atoms with Crippen LogP contribution < -0.4 is 4.74 Å². The first-order valence-electron chi connectivity index (χ1n) is 7.72. The lowest BCUT2D eigenvalue weighted by Crippen LogP contribution is -2.11. The van der Waals surface area contributed by atoms with E-state index in [9.17, 15) is 14.9 Å². The summed E-state index contributed by atoms with van der Waals surface area (Å²) in [6.45, 7) is 2.52. The van der Waals surface area contributed by atoms with Gasteiger partial charge in [0.1, 0.15) is 5.75 Å². The van der Waals surface area contributed by atoms with Crippen LogP contribution >= 0.6 is 0 Å². The molecule has 1 rings (SSSR count). The van der Waals surface area contributed by atoms with E-state index in [1.54, 1.807) is 0 Å². The van der Waals surface area contributed by atoms with Crippen molar-refractivity contribution in [3.05, 3.63) is 34.4 Å². The van der Waals surface area contributed by atoms with Crippen molar-refractivity contribution in [2.75, 3.05) is 6.61 Å².